The molecule has 1 aliphatic carbocycles. The summed E-state index contributed by atoms with van der Waals surface area (Å²) in [4.78, 5) is 12.8. The minimum Gasteiger partial charge on any atom is -0.496 e. The second-order valence-electron chi connectivity index (χ2n) is 6.37. The van der Waals surface area contributed by atoms with E-state index in [9.17, 15) is 4.79 Å². The van der Waals surface area contributed by atoms with E-state index in [1.165, 1.54) is 7.11 Å². The van der Waals surface area contributed by atoms with Crippen LogP contribution in [-0.2, 0) is 9.47 Å². The van der Waals surface area contributed by atoms with Crippen LogP contribution in [0.5, 0.6) is 5.75 Å². The van der Waals surface area contributed by atoms with E-state index in [4.69, 9.17) is 25.8 Å². The van der Waals surface area contributed by atoms with Gasteiger partial charge in [-0.15, -0.1) is 0 Å². The van der Waals surface area contributed by atoms with Crippen molar-refractivity contribution in [3.8, 4) is 5.75 Å². The van der Waals surface area contributed by atoms with Gasteiger partial charge < -0.3 is 19.5 Å². The quantitative estimate of drug-likeness (QED) is 0.884. The van der Waals surface area contributed by atoms with Gasteiger partial charge in [0.05, 0.1) is 23.8 Å². The SMILES string of the molecule is CCO[C@@H]1C[C@@H](NC(=O)c2c(Cl)cccc2OC)C12CCOCC2. The number of carbonyl (C=O) groups is 1. The summed E-state index contributed by atoms with van der Waals surface area (Å²) in [6, 6.07) is 5.29. The van der Waals surface area contributed by atoms with E-state index >= 15 is 0 Å². The lowest BCUT2D eigenvalue weighted by atomic mass is 9.57. The molecule has 1 aromatic rings. The molecule has 132 valence electrons. The number of rotatable bonds is 5. The molecule has 0 bridgehead atoms. The molecular formula is C18H24ClNO4. The van der Waals surface area contributed by atoms with E-state index < -0.39 is 0 Å². The van der Waals surface area contributed by atoms with Crippen LogP contribution in [0.2, 0.25) is 5.02 Å². The van der Waals surface area contributed by atoms with Crippen LogP contribution in [0.1, 0.15) is 36.5 Å². The van der Waals surface area contributed by atoms with Crippen molar-refractivity contribution < 1.29 is 19.0 Å². The molecule has 1 saturated carbocycles. The van der Waals surface area contributed by atoms with Gasteiger partial charge in [-0.1, -0.05) is 17.7 Å². The summed E-state index contributed by atoms with van der Waals surface area (Å²) in [7, 11) is 1.54. The first-order chi connectivity index (χ1) is 11.6. The number of hydrogen-bond acceptors (Lipinski definition) is 4. The fourth-order valence-electron chi connectivity index (χ4n) is 3.93. The Labute approximate surface area is 147 Å². The predicted molar refractivity (Wildman–Crippen MR) is 91.8 cm³/mol. The maximum Gasteiger partial charge on any atom is 0.256 e. The molecule has 3 rings (SSSR count). The summed E-state index contributed by atoms with van der Waals surface area (Å²) >= 11 is 6.22. The van der Waals surface area contributed by atoms with Crippen LogP contribution < -0.4 is 10.1 Å². The molecule has 2 fully saturated rings. The first kappa shape index (κ1) is 17.5. The maximum absolute atomic E-state index is 12.8. The van der Waals surface area contributed by atoms with Gasteiger partial charge in [-0.25, -0.2) is 0 Å². The van der Waals surface area contributed by atoms with Crippen molar-refractivity contribution in [2.75, 3.05) is 26.9 Å². The highest BCUT2D eigenvalue weighted by atomic mass is 35.5. The predicted octanol–water partition coefficient (Wildman–Crippen LogP) is 3.05. The third-order valence-electron chi connectivity index (χ3n) is 5.30. The second-order valence-corrected chi connectivity index (χ2v) is 6.78. The normalized spacial score (nSPS) is 25.1. The standard InChI is InChI=1S/C18H24ClNO4/c1-3-24-15-11-14(18(15)7-9-23-10-8-18)20-17(21)16-12(19)5-4-6-13(16)22-2/h4-6,14-15H,3,7-11H2,1-2H3,(H,20,21)/t14-,15-/m1/s1. The Morgan fingerprint density at radius 3 is 2.83 bits per heavy atom. The molecule has 1 heterocycles. The highest BCUT2D eigenvalue weighted by Crippen LogP contribution is 2.50. The smallest absolute Gasteiger partial charge is 0.256 e. The number of hydrogen-bond donors (Lipinski definition) is 1. The van der Waals surface area contributed by atoms with Crippen LogP contribution in [0.25, 0.3) is 0 Å². The van der Waals surface area contributed by atoms with Crippen molar-refractivity contribution >= 4 is 17.5 Å². The summed E-state index contributed by atoms with van der Waals surface area (Å²) in [6.07, 6.45) is 2.82. The number of carbonyl (C=O) groups excluding carboxylic acids is 1. The molecule has 6 heteroatoms. The van der Waals surface area contributed by atoms with E-state index in [-0.39, 0.29) is 23.5 Å². The molecule has 1 saturated heterocycles. The number of halogens is 1. The molecule has 1 spiro atoms. The molecule has 1 aliphatic heterocycles. The lowest BCUT2D eigenvalue weighted by Crippen LogP contribution is -2.66. The van der Waals surface area contributed by atoms with E-state index in [0.717, 1.165) is 19.3 Å². The molecular weight excluding hydrogens is 330 g/mol. The Balaban J connectivity index is 1.77. The highest BCUT2D eigenvalue weighted by Gasteiger charge is 2.56. The summed E-state index contributed by atoms with van der Waals surface area (Å²) < 4.78 is 16.7. The van der Waals surface area contributed by atoms with Crippen molar-refractivity contribution in [3.05, 3.63) is 28.8 Å². The number of nitrogens with one attached hydrogen (secondary N) is 1. The maximum atomic E-state index is 12.8. The zero-order valence-electron chi connectivity index (χ0n) is 14.1. The Hall–Kier alpha value is -1.30. The third-order valence-corrected chi connectivity index (χ3v) is 5.62. The Bertz CT molecular complexity index is 601. The van der Waals surface area contributed by atoms with Gasteiger partial charge in [0.25, 0.3) is 5.91 Å². The molecule has 2 atom stereocenters. The summed E-state index contributed by atoms with van der Waals surface area (Å²) in [5, 5.41) is 3.56. The average molecular weight is 354 g/mol. The first-order valence-corrected chi connectivity index (χ1v) is 8.83. The lowest BCUT2D eigenvalue weighted by Gasteiger charge is -2.57. The van der Waals surface area contributed by atoms with Gasteiger partial charge in [0, 0.05) is 31.3 Å². The molecule has 0 unspecified atom stereocenters. The molecule has 1 aromatic carbocycles. The van der Waals surface area contributed by atoms with Crippen molar-refractivity contribution in [2.45, 2.75) is 38.3 Å². The van der Waals surface area contributed by atoms with Crippen LogP contribution in [0.4, 0.5) is 0 Å². The fourth-order valence-corrected chi connectivity index (χ4v) is 4.18. The van der Waals surface area contributed by atoms with Crippen LogP contribution in [0.3, 0.4) is 0 Å². The fraction of sp³-hybridized carbons (Fsp3) is 0.611. The highest BCUT2D eigenvalue weighted by molar-refractivity contribution is 6.34. The van der Waals surface area contributed by atoms with Crippen molar-refractivity contribution in [2.24, 2.45) is 5.41 Å². The topological polar surface area (TPSA) is 56.8 Å². The number of ether oxygens (including phenoxy) is 3. The Morgan fingerprint density at radius 1 is 1.42 bits per heavy atom. The molecule has 1 N–H and O–H groups in total. The first-order valence-electron chi connectivity index (χ1n) is 8.45. The molecule has 1 amide bonds. The van der Waals surface area contributed by atoms with Gasteiger partial charge >= 0.3 is 0 Å². The van der Waals surface area contributed by atoms with Gasteiger partial charge in [0.2, 0.25) is 0 Å². The molecule has 2 aliphatic rings. The van der Waals surface area contributed by atoms with Crippen LogP contribution >= 0.6 is 11.6 Å². The van der Waals surface area contributed by atoms with Crippen molar-refractivity contribution in [1.29, 1.82) is 0 Å². The van der Waals surface area contributed by atoms with Crippen LogP contribution in [0, 0.1) is 5.41 Å². The van der Waals surface area contributed by atoms with Gasteiger partial charge in [0.15, 0.2) is 0 Å². The summed E-state index contributed by atoms with van der Waals surface area (Å²) in [5.74, 6) is 0.296. The van der Waals surface area contributed by atoms with Crippen molar-refractivity contribution in [3.63, 3.8) is 0 Å². The molecule has 5 nitrogen and oxygen atoms in total. The Kier molecular flexibility index (Phi) is 5.33. The summed E-state index contributed by atoms with van der Waals surface area (Å²) in [6.45, 7) is 4.12. The minimum absolute atomic E-state index is 0.0294. The van der Waals surface area contributed by atoms with Crippen molar-refractivity contribution in [1.82, 2.24) is 5.32 Å². The molecule has 0 aromatic heterocycles. The number of methoxy groups -OCH3 is 1. The molecule has 24 heavy (non-hydrogen) atoms. The zero-order valence-corrected chi connectivity index (χ0v) is 14.9. The lowest BCUT2D eigenvalue weighted by molar-refractivity contribution is -0.170. The van der Waals surface area contributed by atoms with Gasteiger partial charge in [-0.05, 0) is 38.3 Å². The average Bonchev–Trinajstić information content (AvgIpc) is 2.61. The van der Waals surface area contributed by atoms with E-state index in [1.807, 2.05) is 6.92 Å². The number of amides is 1. The van der Waals surface area contributed by atoms with Gasteiger partial charge in [-0.2, -0.15) is 0 Å². The summed E-state index contributed by atoms with van der Waals surface area (Å²) in [5.41, 5.74) is 0.363. The zero-order chi connectivity index (χ0) is 17.2. The van der Waals surface area contributed by atoms with Crippen LogP contribution in [-0.4, -0.2) is 45.0 Å². The monoisotopic (exact) mass is 353 g/mol. The van der Waals surface area contributed by atoms with E-state index in [2.05, 4.69) is 5.32 Å². The largest absolute Gasteiger partial charge is 0.496 e. The Morgan fingerprint density at radius 2 is 2.17 bits per heavy atom. The van der Waals surface area contributed by atoms with E-state index in [0.29, 0.717) is 36.2 Å². The molecule has 0 radical (unpaired) electrons. The van der Waals surface area contributed by atoms with Crippen LogP contribution in [0.15, 0.2) is 18.2 Å². The number of benzene rings is 1. The van der Waals surface area contributed by atoms with Gasteiger partial charge in [0.1, 0.15) is 5.75 Å². The van der Waals surface area contributed by atoms with Gasteiger partial charge in [-0.3, -0.25) is 4.79 Å². The van der Waals surface area contributed by atoms with E-state index in [1.54, 1.807) is 18.2 Å². The second kappa shape index (κ2) is 7.30. The third kappa shape index (κ3) is 3.01. The minimum atomic E-state index is -0.191.